The van der Waals surface area contributed by atoms with Crippen LogP contribution in [0.4, 0.5) is 5.69 Å². The first-order chi connectivity index (χ1) is 14.9. The van der Waals surface area contributed by atoms with Gasteiger partial charge in [0, 0.05) is 24.2 Å². The zero-order valence-electron chi connectivity index (χ0n) is 17.0. The Morgan fingerprint density at radius 2 is 1.81 bits per heavy atom. The van der Waals surface area contributed by atoms with Gasteiger partial charge in [-0.2, -0.15) is 0 Å². The van der Waals surface area contributed by atoms with Gasteiger partial charge in [-0.15, -0.1) is 10.2 Å². The summed E-state index contributed by atoms with van der Waals surface area (Å²) in [5, 5.41) is 12.9. The number of para-hydroxylation sites is 1. The average molecular weight is 478 g/mol. The first-order valence-electron chi connectivity index (χ1n) is 9.49. The molecule has 0 saturated carbocycles. The lowest BCUT2D eigenvalue weighted by molar-refractivity contribution is -0.131. The molecule has 1 N–H and O–H groups in total. The van der Waals surface area contributed by atoms with E-state index in [-0.39, 0.29) is 24.1 Å². The molecule has 1 heterocycles. The SMILES string of the molecule is CCn1c(SCC(=O)N(C)CC(=O)Nc2ccccc2Cl)nnc1-c1ccc(Cl)cc1. The summed E-state index contributed by atoms with van der Waals surface area (Å²) in [5.74, 6) is 0.324. The molecule has 3 rings (SSSR count). The third-order valence-corrected chi connectivity index (χ3v) is 5.95. The number of carbonyl (C=O) groups excluding carboxylic acids is 2. The number of hydrogen-bond acceptors (Lipinski definition) is 5. The predicted octanol–water partition coefficient (Wildman–Crippen LogP) is 4.46. The molecule has 0 fully saturated rings. The second-order valence-electron chi connectivity index (χ2n) is 6.62. The molecular weight excluding hydrogens is 457 g/mol. The molecule has 0 radical (unpaired) electrons. The Labute approximate surface area is 194 Å². The van der Waals surface area contributed by atoms with Crippen molar-refractivity contribution in [1.29, 1.82) is 0 Å². The normalized spacial score (nSPS) is 10.7. The highest BCUT2D eigenvalue weighted by atomic mass is 35.5. The number of likely N-dealkylation sites (N-methyl/N-ethyl adjacent to an activating group) is 1. The number of carbonyl (C=O) groups is 2. The number of thioether (sulfide) groups is 1. The molecule has 7 nitrogen and oxygen atoms in total. The van der Waals surface area contributed by atoms with Gasteiger partial charge in [0.1, 0.15) is 0 Å². The minimum atomic E-state index is -0.323. The monoisotopic (exact) mass is 477 g/mol. The number of nitrogens with zero attached hydrogens (tertiary/aromatic N) is 4. The van der Waals surface area contributed by atoms with Crippen LogP contribution in [0.2, 0.25) is 10.0 Å². The summed E-state index contributed by atoms with van der Waals surface area (Å²) in [7, 11) is 1.58. The van der Waals surface area contributed by atoms with Crippen LogP contribution in [0.25, 0.3) is 11.4 Å². The molecule has 2 aromatic carbocycles. The Balaban J connectivity index is 1.58. The van der Waals surface area contributed by atoms with Crippen LogP contribution >= 0.6 is 35.0 Å². The van der Waals surface area contributed by atoms with E-state index in [2.05, 4.69) is 15.5 Å². The summed E-state index contributed by atoms with van der Waals surface area (Å²) < 4.78 is 1.94. The smallest absolute Gasteiger partial charge is 0.244 e. The molecular formula is C21H21Cl2N5O2S. The van der Waals surface area contributed by atoms with E-state index in [9.17, 15) is 9.59 Å². The molecule has 0 spiro atoms. The lowest BCUT2D eigenvalue weighted by Gasteiger charge is -2.17. The van der Waals surface area contributed by atoms with Gasteiger partial charge in [-0.05, 0) is 43.3 Å². The van der Waals surface area contributed by atoms with E-state index in [1.807, 2.05) is 23.6 Å². The molecule has 1 aromatic heterocycles. The third-order valence-electron chi connectivity index (χ3n) is 4.41. The van der Waals surface area contributed by atoms with E-state index in [0.717, 1.165) is 5.56 Å². The number of anilines is 1. The fourth-order valence-corrected chi connectivity index (χ4v) is 4.04. The molecule has 0 bridgehead atoms. The van der Waals surface area contributed by atoms with E-state index in [0.29, 0.717) is 33.3 Å². The summed E-state index contributed by atoms with van der Waals surface area (Å²) in [6.07, 6.45) is 0. The van der Waals surface area contributed by atoms with Crippen molar-refractivity contribution in [2.45, 2.75) is 18.6 Å². The fourth-order valence-electron chi connectivity index (χ4n) is 2.79. The average Bonchev–Trinajstić information content (AvgIpc) is 3.17. The first kappa shape index (κ1) is 23.1. The Morgan fingerprint density at radius 1 is 1.10 bits per heavy atom. The van der Waals surface area contributed by atoms with Gasteiger partial charge >= 0.3 is 0 Å². The van der Waals surface area contributed by atoms with Gasteiger partial charge in [0.15, 0.2) is 11.0 Å². The second-order valence-corrected chi connectivity index (χ2v) is 8.41. The molecule has 0 aliphatic heterocycles. The molecule has 0 aliphatic rings. The summed E-state index contributed by atoms with van der Waals surface area (Å²) in [5.41, 5.74) is 1.40. The Morgan fingerprint density at radius 3 is 2.48 bits per heavy atom. The van der Waals surface area contributed by atoms with Crippen molar-refractivity contribution in [1.82, 2.24) is 19.7 Å². The highest BCUT2D eigenvalue weighted by Crippen LogP contribution is 2.25. The van der Waals surface area contributed by atoms with Crippen LogP contribution in [0.5, 0.6) is 0 Å². The molecule has 0 unspecified atom stereocenters. The van der Waals surface area contributed by atoms with Gasteiger partial charge in [0.25, 0.3) is 0 Å². The second kappa shape index (κ2) is 10.7. The van der Waals surface area contributed by atoms with Crippen LogP contribution in [0, 0.1) is 0 Å². The van der Waals surface area contributed by atoms with Crippen LogP contribution in [-0.2, 0) is 16.1 Å². The first-order valence-corrected chi connectivity index (χ1v) is 11.2. The molecule has 0 aliphatic carbocycles. The van der Waals surface area contributed by atoms with Crippen LogP contribution in [0.15, 0.2) is 53.7 Å². The van der Waals surface area contributed by atoms with Crippen molar-refractivity contribution in [3.63, 3.8) is 0 Å². The highest BCUT2D eigenvalue weighted by Gasteiger charge is 2.18. The van der Waals surface area contributed by atoms with E-state index in [1.54, 1.807) is 43.4 Å². The molecule has 3 aromatic rings. The third kappa shape index (κ3) is 6.00. The predicted molar refractivity (Wildman–Crippen MR) is 125 cm³/mol. The van der Waals surface area contributed by atoms with Crippen LogP contribution in [0.3, 0.4) is 0 Å². The van der Waals surface area contributed by atoms with Crippen LogP contribution in [-0.4, -0.2) is 50.8 Å². The number of nitrogens with one attached hydrogen (secondary N) is 1. The number of rotatable bonds is 8. The topological polar surface area (TPSA) is 80.1 Å². The molecule has 0 atom stereocenters. The molecule has 31 heavy (non-hydrogen) atoms. The zero-order valence-corrected chi connectivity index (χ0v) is 19.3. The molecule has 2 amide bonds. The van der Waals surface area contributed by atoms with Gasteiger partial charge in [-0.1, -0.05) is 47.1 Å². The van der Waals surface area contributed by atoms with E-state index < -0.39 is 0 Å². The van der Waals surface area contributed by atoms with Crippen LogP contribution in [0.1, 0.15) is 6.92 Å². The van der Waals surface area contributed by atoms with Crippen molar-refractivity contribution < 1.29 is 9.59 Å². The van der Waals surface area contributed by atoms with Crippen molar-refractivity contribution >= 4 is 52.5 Å². The molecule has 0 saturated heterocycles. The van der Waals surface area contributed by atoms with Gasteiger partial charge in [0.2, 0.25) is 11.8 Å². The van der Waals surface area contributed by atoms with Crippen molar-refractivity contribution in [2.75, 3.05) is 24.7 Å². The van der Waals surface area contributed by atoms with Gasteiger partial charge < -0.3 is 14.8 Å². The van der Waals surface area contributed by atoms with Crippen molar-refractivity contribution in [3.8, 4) is 11.4 Å². The van der Waals surface area contributed by atoms with E-state index >= 15 is 0 Å². The minimum absolute atomic E-state index is 0.0822. The zero-order chi connectivity index (χ0) is 22.4. The quantitative estimate of drug-likeness (QED) is 0.484. The van der Waals surface area contributed by atoms with Gasteiger partial charge in [-0.25, -0.2) is 0 Å². The van der Waals surface area contributed by atoms with Gasteiger partial charge in [-0.3, -0.25) is 9.59 Å². The molecule has 10 heteroatoms. The lowest BCUT2D eigenvalue weighted by Crippen LogP contribution is -2.36. The Bertz CT molecular complexity index is 1070. The fraction of sp³-hybridized carbons (Fsp3) is 0.238. The number of benzene rings is 2. The minimum Gasteiger partial charge on any atom is -0.336 e. The number of halogens is 2. The Kier molecular flexibility index (Phi) is 7.95. The highest BCUT2D eigenvalue weighted by molar-refractivity contribution is 7.99. The maximum absolute atomic E-state index is 12.5. The van der Waals surface area contributed by atoms with Crippen molar-refractivity contribution in [2.24, 2.45) is 0 Å². The number of amides is 2. The summed E-state index contributed by atoms with van der Waals surface area (Å²) in [4.78, 5) is 26.1. The summed E-state index contributed by atoms with van der Waals surface area (Å²) in [6.45, 7) is 2.55. The molecule has 162 valence electrons. The maximum Gasteiger partial charge on any atom is 0.244 e. The van der Waals surface area contributed by atoms with Crippen molar-refractivity contribution in [3.05, 3.63) is 58.6 Å². The van der Waals surface area contributed by atoms with E-state index in [4.69, 9.17) is 23.2 Å². The number of aromatic nitrogens is 3. The maximum atomic E-state index is 12.5. The van der Waals surface area contributed by atoms with E-state index in [1.165, 1.54) is 16.7 Å². The summed E-state index contributed by atoms with van der Waals surface area (Å²) in [6, 6.07) is 14.3. The standard InChI is InChI=1S/C21H21Cl2N5O2S/c1-3-28-20(14-8-10-15(22)11-9-14)25-26-21(28)31-13-19(30)27(2)12-18(29)24-17-7-5-4-6-16(17)23/h4-11H,3,12-13H2,1-2H3,(H,24,29). The Hall–Kier alpha value is -2.55. The number of hydrogen-bond donors (Lipinski definition) is 1. The largest absolute Gasteiger partial charge is 0.336 e. The lowest BCUT2D eigenvalue weighted by atomic mass is 10.2. The van der Waals surface area contributed by atoms with Gasteiger partial charge in [0.05, 0.1) is 23.0 Å². The van der Waals surface area contributed by atoms with Crippen LogP contribution < -0.4 is 5.32 Å². The summed E-state index contributed by atoms with van der Waals surface area (Å²) >= 11 is 13.3.